The summed E-state index contributed by atoms with van der Waals surface area (Å²) in [6.45, 7) is 4.49. The van der Waals surface area contributed by atoms with Crippen molar-refractivity contribution in [3.05, 3.63) is 29.3 Å². The largest absolute Gasteiger partial charge is 0.326 e. The summed E-state index contributed by atoms with van der Waals surface area (Å²) in [5.74, 6) is 0.499. The fraction of sp³-hybridized carbons (Fsp3) is 0.571. The third kappa shape index (κ3) is 3.16. The van der Waals surface area contributed by atoms with E-state index in [1.165, 1.54) is 0 Å². The molecule has 1 saturated carbocycles. The number of nitrogens with one attached hydrogen (secondary N) is 1. The predicted octanol–water partition coefficient (Wildman–Crippen LogP) is 1.78. The Morgan fingerprint density at radius 1 is 1.32 bits per heavy atom. The zero-order valence-corrected chi connectivity index (χ0v) is 12.3. The number of hydrogen-bond donors (Lipinski definition) is 2. The number of nitrogens with two attached hydrogens (primary N) is 1. The highest BCUT2D eigenvalue weighted by molar-refractivity contribution is 7.89. The predicted molar refractivity (Wildman–Crippen MR) is 76.2 cm³/mol. The van der Waals surface area contributed by atoms with Gasteiger partial charge >= 0.3 is 0 Å². The molecular weight excluding hydrogens is 260 g/mol. The number of rotatable bonds is 6. The summed E-state index contributed by atoms with van der Waals surface area (Å²) in [6, 6.07) is 5.34. The second kappa shape index (κ2) is 5.61. The van der Waals surface area contributed by atoms with E-state index in [-0.39, 0.29) is 6.04 Å². The first-order valence-electron chi connectivity index (χ1n) is 6.86. The van der Waals surface area contributed by atoms with E-state index >= 15 is 0 Å². The number of aryl methyl sites for hydroxylation is 1. The molecule has 2 rings (SSSR count). The van der Waals surface area contributed by atoms with Crippen LogP contribution in [0.25, 0.3) is 0 Å². The molecule has 0 saturated heterocycles. The van der Waals surface area contributed by atoms with Crippen LogP contribution >= 0.6 is 0 Å². The molecule has 0 aliphatic heterocycles. The molecule has 0 spiro atoms. The van der Waals surface area contributed by atoms with E-state index in [4.69, 9.17) is 5.73 Å². The molecule has 0 heterocycles. The van der Waals surface area contributed by atoms with Gasteiger partial charge in [-0.2, -0.15) is 0 Å². The second-order valence-corrected chi connectivity index (χ2v) is 6.83. The summed E-state index contributed by atoms with van der Waals surface area (Å²) in [4.78, 5) is 0.326. The summed E-state index contributed by atoms with van der Waals surface area (Å²) < 4.78 is 27.3. The van der Waals surface area contributed by atoms with Crippen LogP contribution in [0.1, 0.15) is 37.8 Å². The van der Waals surface area contributed by atoms with Crippen molar-refractivity contribution in [2.45, 2.75) is 50.6 Å². The van der Waals surface area contributed by atoms with Crippen LogP contribution in [0.3, 0.4) is 0 Å². The van der Waals surface area contributed by atoms with Crippen LogP contribution < -0.4 is 10.5 Å². The van der Waals surface area contributed by atoms with Gasteiger partial charge in [0.05, 0.1) is 4.90 Å². The Labute approximate surface area is 115 Å². The Bertz CT molecular complexity index is 555. The monoisotopic (exact) mass is 282 g/mol. The van der Waals surface area contributed by atoms with E-state index in [9.17, 15) is 8.42 Å². The van der Waals surface area contributed by atoms with E-state index in [0.29, 0.717) is 17.4 Å². The van der Waals surface area contributed by atoms with Gasteiger partial charge in [0.15, 0.2) is 0 Å². The molecule has 106 valence electrons. The molecule has 0 amide bonds. The van der Waals surface area contributed by atoms with Crippen molar-refractivity contribution in [3.8, 4) is 0 Å². The van der Waals surface area contributed by atoms with Crippen LogP contribution in [0.2, 0.25) is 0 Å². The van der Waals surface area contributed by atoms with Crippen molar-refractivity contribution in [1.82, 2.24) is 4.72 Å². The first-order valence-corrected chi connectivity index (χ1v) is 8.34. The van der Waals surface area contributed by atoms with Crippen molar-refractivity contribution in [2.75, 3.05) is 0 Å². The second-order valence-electron chi connectivity index (χ2n) is 5.12. The fourth-order valence-electron chi connectivity index (χ4n) is 2.41. The molecule has 19 heavy (non-hydrogen) atoms. The molecule has 3 N–H and O–H groups in total. The van der Waals surface area contributed by atoms with Crippen molar-refractivity contribution in [1.29, 1.82) is 0 Å². The molecule has 1 aromatic rings. The first kappa shape index (κ1) is 14.5. The molecule has 2 unspecified atom stereocenters. The normalized spacial score (nSPS) is 22.5. The highest BCUT2D eigenvalue weighted by atomic mass is 32.2. The van der Waals surface area contributed by atoms with Crippen LogP contribution in [-0.4, -0.2) is 14.5 Å². The minimum Gasteiger partial charge on any atom is -0.326 e. The van der Waals surface area contributed by atoms with Crippen LogP contribution in [-0.2, 0) is 23.0 Å². The zero-order chi connectivity index (χ0) is 14.0. The Kier molecular flexibility index (Phi) is 4.28. The van der Waals surface area contributed by atoms with Gasteiger partial charge in [-0.3, -0.25) is 0 Å². The lowest BCUT2D eigenvalue weighted by atomic mass is 10.1. The zero-order valence-electron chi connectivity index (χ0n) is 11.5. The quantitative estimate of drug-likeness (QED) is 0.835. The van der Waals surface area contributed by atoms with E-state index in [1.54, 1.807) is 12.1 Å². The van der Waals surface area contributed by atoms with Gasteiger partial charge < -0.3 is 5.73 Å². The van der Waals surface area contributed by atoms with Gasteiger partial charge in [-0.15, -0.1) is 0 Å². The molecule has 1 aliphatic rings. The number of benzene rings is 1. The Hall–Kier alpha value is -0.910. The summed E-state index contributed by atoms with van der Waals surface area (Å²) in [5, 5.41) is 0. The summed E-state index contributed by atoms with van der Waals surface area (Å²) in [7, 11) is -3.40. The molecule has 0 radical (unpaired) electrons. The van der Waals surface area contributed by atoms with Gasteiger partial charge in [0.2, 0.25) is 10.0 Å². The Balaban J connectivity index is 2.21. The summed E-state index contributed by atoms with van der Waals surface area (Å²) >= 11 is 0. The maximum atomic E-state index is 12.3. The van der Waals surface area contributed by atoms with E-state index in [0.717, 1.165) is 30.4 Å². The average Bonchev–Trinajstić information content (AvgIpc) is 3.15. The topological polar surface area (TPSA) is 72.2 Å². The van der Waals surface area contributed by atoms with Crippen LogP contribution in [0, 0.1) is 5.92 Å². The van der Waals surface area contributed by atoms with Crippen LogP contribution in [0.5, 0.6) is 0 Å². The van der Waals surface area contributed by atoms with Crippen molar-refractivity contribution in [3.63, 3.8) is 0 Å². The highest BCUT2D eigenvalue weighted by Gasteiger charge is 2.38. The molecule has 0 aromatic heterocycles. The Morgan fingerprint density at radius 3 is 2.58 bits per heavy atom. The lowest BCUT2D eigenvalue weighted by Gasteiger charge is -2.10. The molecular formula is C14H22N2O2S. The minimum absolute atomic E-state index is 0.113. The van der Waals surface area contributed by atoms with Gasteiger partial charge in [-0.25, -0.2) is 13.1 Å². The third-order valence-electron chi connectivity index (χ3n) is 3.84. The van der Waals surface area contributed by atoms with Gasteiger partial charge in [-0.05, 0) is 42.0 Å². The maximum absolute atomic E-state index is 12.3. The van der Waals surface area contributed by atoms with Gasteiger partial charge in [0.1, 0.15) is 0 Å². The average molecular weight is 282 g/mol. The fourth-order valence-corrected chi connectivity index (χ4v) is 3.78. The maximum Gasteiger partial charge on any atom is 0.240 e. The molecule has 0 bridgehead atoms. The number of hydrogen-bond acceptors (Lipinski definition) is 3. The summed E-state index contributed by atoms with van der Waals surface area (Å²) in [6.07, 6.45) is 2.84. The van der Waals surface area contributed by atoms with Crippen LogP contribution in [0.15, 0.2) is 23.1 Å². The van der Waals surface area contributed by atoms with Crippen LogP contribution in [0.4, 0.5) is 0 Å². The van der Waals surface area contributed by atoms with E-state index in [2.05, 4.69) is 11.6 Å². The summed E-state index contributed by atoms with van der Waals surface area (Å²) in [5.41, 5.74) is 7.70. The van der Waals surface area contributed by atoms with Crippen molar-refractivity contribution in [2.24, 2.45) is 11.7 Å². The lowest BCUT2D eigenvalue weighted by molar-refractivity contribution is 0.575. The van der Waals surface area contributed by atoms with E-state index < -0.39 is 10.0 Å². The third-order valence-corrected chi connectivity index (χ3v) is 5.33. The molecule has 5 heteroatoms. The van der Waals surface area contributed by atoms with Gasteiger partial charge in [-0.1, -0.05) is 26.3 Å². The molecule has 2 atom stereocenters. The van der Waals surface area contributed by atoms with Crippen molar-refractivity contribution < 1.29 is 8.42 Å². The minimum atomic E-state index is -3.40. The van der Waals surface area contributed by atoms with Gasteiger partial charge in [0, 0.05) is 12.6 Å². The lowest BCUT2D eigenvalue weighted by Crippen LogP contribution is -2.27. The molecule has 1 aliphatic carbocycles. The Morgan fingerprint density at radius 2 is 2.05 bits per heavy atom. The van der Waals surface area contributed by atoms with Gasteiger partial charge in [0.25, 0.3) is 0 Å². The SMILES string of the molecule is CCc1ccc(S(=O)(=O)NC2CC2CC)cc1CN. The standard InChI is InChI=1S/C14H22N2O2S/c1-3-10-5-6-13(7-12(10)9-15)19(17,18)16-14-8-11(14)4-2/h5-7,11,14,16H,3-4,8-9,15H2,1-2H3. The highest BCUT2D eigenvalue weighted by Crippen LogP contribution is 2.34. The molecule has 4 nitrogen and oxygen atoms in total. The number of sulfonamides is 1. The first-order chi connectivity index (χ1) is 9.01. The molecule has 1 fully saturated rings. The van der Waals surface area contributed by atoms with E-state index in [1.807, 2.05) is 13.0 Å². The smallest absolute Gasteiger partial charge is 0.240 e. The van der Waals surface area contributed by atoms with Crippen molar-refractivity contribution >= 4 is 10.0 Å². The molecule has 1 aromatic carbocycles.